The highest BCUT2D eigenvalue weighted by Crippen LogP contribution is 1.96. The number of amides is 3. The summed E-state index contributed by atoms with van der Waals surface area (Å²) in [6.07, 6.45) is 3.05. The monoisotopic (exact) mass is 259 g/mol. The first kappa shape index (κ1) is 16.2. The number of urea groups is 1. The van der Waals surface area contributed by atoms with Gasteiger partial charge >= 0.3 is 12.0 Å². The van der Waals surface area contributed by atoms with Crippen LogP contribution in [-0.4, -0.2) is 54.6 Å². The lowest BCUT2D eigenvalue weighted by Gasteiger charge is -2.17. The van der Waals surface area contributed by atoms with E-state index in [9.17, 15) is 14.4 Å². The molecule has 3 N–H and O–H groups in total. The summed E-state index contributed by atoms with van der Waals surface area (Å²) in [5, 5.41) is 12.9. The average molecular weight is 259 g/mol. The number of carbonyl (C=O) groups excluding carboxylic acids is 2. The highest BCUT2D eigenvalue weighted by Gasteiger charge is 2.10. The van der Waals surface area contributed by atoms with Crippen LogP contribution in [0.1, 0.15) is 26.2 Å². The van der Waals surface area contributed by atoms with Gasteiger partial charge in [-0.1, -0.05) is 19.8 Å². The SMILES string of the molecule is CCCCCN(C)C(=O)NCC(=O)NCC(=O)O. The van der Waals surface area contributed by atoms with Gasteiger partial charge in [-0.25, -0.2) is 4.79 Å². The van der Waals surface area contributed by atoms with Crippen LogP contribution in [0.4, 0.5) is 4.79 Å². The van der Waals surface area contributed by atoms with Crippen molar-refractivity contribution in [1.29, 1.82) is 0 Å². The lowest BCUT2D eigenvalue weighted by Crippen LogP contribution is -2.44. The standard InChI is InChI=1S/C11H21N3O4/c1-3-4-5-6-14(2)11(18)13-7-9(15)12-8-10(16)17/h3-8H2,1-2H3,(H,12,15)(H,13,18)(H,16,17). The highest BCUT2D eigenvalue weighted by atomic mass is 16.4. The Bertz CT molecular complexity index is 294. The molecule has 0 unspecified atom stereocenters. The predicted octanol–water partition coefficient (Wildman–Crippen LogP) is 0.0188. The number of nitrogens with one attached hydrogen (secondary N) is 2. The maximum Gasteiger partial charge on any atom is 0.322 e. The first-order chi connectivity index (χ1) is 8.47. The maximum absolute atomic E-state index is 11.5. The van der Waals surface area contributed by atoms with Crippen molar-refractivity contribution in [1.82, 2.24) is 15.5 Å². The molecule has 0 saturated heterocycles. The number of carbonyl (C=O) groups is 3. The molecule has 0 atom stereocenters. The first-order valence-corrected chi connectivity index (χ1v) is 5.94. The molecule has 0 aromatic heterocycles. The molecule has 0 radical (unpaired) electrons. The lowest BCUT2D eigenvalue weighted by molar-refractivity contribution is -0.137. The molecule has 7 heteroatoms. The van der Waals surface area contributed by atoms with Crippen LogP contribution in [0, 0.1) is 0 Å². The molecule has 0 aromatic rings. The second kappa shape index (κ2) is 9.26. The van der Waals surface area contributed by atoms with Gasteiger partial charge in [-0.3, -0.25) is 9.59 Å². The molecule has 0 aliphatic heterocycles. The Morgan fingerprint density at radius 3 is 2.33 bits per heavy atom. The fourth-order valence-corrected chi connectivity index (χ4v) is 1.23. The van der Waals surface area contributed by atoms with Gasteiger partial charge < -0.3 is 20.6 Å². The van der Waals surface area contributed by atoms with Crippen molar-refractivity contribution in [2.24, 2.45) is 0 Å². The molecule has 18 heavy (non-hydrogen) atoms. The zero-order valence-electron chi connectivity index (χ0n) is 10.9. The molecule has 0 heterocycles. The minimum Gasteiger partial charge on any atom is -0.480 e. The quantitative estimate of drug-likeness (QED) is 0.535. The van der Waals surface area contributed by atoms with Gasteiger partial charge in [-0.2, -0.15) is 0 Å². The molecule has 104 valence electrons. The summed E-state index contributed by atoms with van der Waals surface area (Å²) in [7, 11) is 1.65. The summed E-state index contributed by atoms with van der Waals surface area (Å²) < 4.78 is 0. The maximum atomic E-state index is 11.5. The molecule has 0 aliphatic rings. The fraction of sp³-hybridized carbons (Fsp3) is 0.727. The summed E-state index contributed by atoms with van der Waals surface area (Å²) in [5.74, 6) is -1.64. The summed E-state index contributed by atoms with van der Waals surface area (Å²) in [6, 6.07) is -0.337. The predicted molar refractivity (Wildman–Crippen MR) is 66.2 cm³/mol. The van der Waals surface area contributed by atoms with Crippen LogP contribution in [0.5, 0.6) is 0 Å². The zero-order chi connectivity index (χ0) is 14.0. The van der Waals surface area contributed by atoms with Crippen LogP contribution in [0.15, 0.2) is 0 Å². The van der Waals surface area contributed by atoms with Gasteiger partial charge in [0.2, 0.25) is 5.91 Å². The summed E-state index contributed by atoms with van der Waals surface area (Å²) in [6.45, 7) is 2.05. The van der Waals surface area contributed by atoms with Gasteiger partial charge in [0.15, 0.2) is 0 Å². The Hall–Kier alpha value is -1.79. The third kappa shape index (κ3) is 8.37. The lowest BCUT2D eigenvalue weighted by atomic mass is 10.2. The Morgan fingerprint density at radius 1 is 1.11 bits per heavy atom. The fourth-order valence-electron chi connectivity index (χ4n) is 1.23. The van der Waals surface area contributed by atoms with Crippen LogP contribution in [-0.2, 0) is 9.59 Å². The molecular formula is C11H21N3O4. The number of hydrogen-bond donors (Lipinski definition) is 3. The van der Waals surface area contributed by atoms with E-state index in [2.05, 4.69) is 17.6 Å². The first-order valence-electron chi connectivity index (χ1n) is 5.94. The van der Waals surface area contributed by atoms with Crippen LogP contribution in [0.2, 0.25) is 0 Å². The molecule has 0 rings (SSSR count). The normalized spacial score (nSPS) is 9.67. The number of rotatable bonds is 8. The van der Waals surface area contributed by atoms with Crippen molar-refractivity contribution in [2.75, 3.05) is 26.7 Å². The van der Waals surface area contributed by atoms with Crippen LogP contribution < -0.4 is 10.6 Å². The van der Waals surface area contributed by atoms with Crippen molar-refractivity contribution < 1.29 is 19.5 Å². The third-order valence-electron chi connectivity index (χ3n) is 2.28. The van der Waals surface area contributed by atoms with Gasteiger partial charge in [-0.05, 0) is 6.42 Å². The molecule has 0 aromatic carbocycles. The van der Waals surface area contributed by atoms with E-state index in [-0.39, 0.29) is 12.6 Å². The van der Waals surface area contributed by atoms with E-state index in [4.69, 9.17) is 5.11 Å². The van der Waals surface area contributed by atoms with E-state index < -0.39 is 18.4 Å². The molecule has 0 aliphatic carbocycles. The number of nitrogens with zero attached hydrogens (tertiary/aromatic N) is 1. The van der Waals surface area contributed by atoms with E-state index in [1.165, 1.54) is 4.90 Å². The second-order valence-corrected chi connectivity index (χ2v) is 3.96. The van der Waals surface area contributed by atoms with Gasteiger partial charge in [0.25, 0.3) is 0 Å². The number of carboxylic acids is 1. The summed E-state index contributed by atoms with van der Waals surface area (Å²) >= 11 is 0. The van der Waals surface area contributed by atoms with Crippen LogP contribution >= 0.6 is 0 Å². The Labute approximate surface area is 107 Å². The van der Waals surface area contributed by atoms with Crippen molar-refractivity contribution in [3.8, 4) is 0 Å². The van der Waals surface area contributed by atoms with Gasteiger partial charge in [0.1, 0.15) is 6.54 Å². The summed E-state index contributed by atoms with van der Waals surface area (Å²) in [4.78, 5) is 34.3. The molecule has 0 bridgehead atoms. The Kier molecular flexibility index (Phi) is 8.34. The largest absolute Gasteiger partial charge is 0.480 e. The van der Waals surface area contributed by atoms with Crippen molar-refractivity contribution in [2.45, 2.75) is 26.2 Å². The molecule has 3 amide bonds. The van der Waals surface area contributed by atoms with Gasteiger partial charge in [-0.15, -0.1) is 0 Å². The zero-order valence-corrected chi connectivity index (χ0v) is 10.9. The van der Waals surface area contributed by atoms with Gasteiger partial charge in [0, 0.05) is 13.6 Å². The third-order valence-corrected chi connectivity index (χ3v) is 2.28. The van der Waals surface area contributed by atoms with Crippen LogP contribution in [0.3, 0.4) is 0 Å². The number of hydrogen-bond acceptors (Lipinski definition) is 3. The Morgan fingerprint density at radius 2 is 1.78 bits per heavy atom. The van der Waals surface area contributed by atoms with E-state index in [1.54, 1.807) is 7.05 Å². The smallest absolute Gasteiger partial charge is 0.322 e. The molecule has 0 spiro atoms. The molecule has 0 fully saturated rings. The van der Waals surface area contributed by atoms with Crippen molar-refractivity contribution in [3.63, 3.8) is 0 Å². The van der Waals surface area contributed by atoms with E-state index >= 15 is 0 Å². The van der Waals surface area contributed by atoms with Crippen LogP contribution in [0.25, 0.3) is 0 Å². The number of aliphatic carboxylic acids is 1. The minimum absolute atomic E-state index is 0.218. The second-order valence-electron chi connectivity index (χ2n) is 3.96. The topological polar surface area (TPSA) is 98.7 Å². The van der Waals surface area contributed by atoms with E-state index in [0.717, 1.165) is 19.3 Å². The number of unbranched alkanes of at least 4 members (excludes halogenated alkanes) is 2. The van der Waals surface area contributed by atoms with Gasteiger partial charge in [0.05, 0.1) is 6.54 Å². The molecule has 7 nitrogen and oxygen atoms in total. The van der Waals surface area contributed by atoms with Crippen molar-refractivity contribution >= 4 is 17.9 Å². The minimum atomic E-state index is -1.12. The van der Waals surface area contributed by atoms with Crippen molar-refractivity contribution in [3.05, 3.63) is 0 Å². The Balaban J connectivity index is 3.74. The summed E-state index contributed by atoms with van der Waals surface area (Å²) in [5.41, 5.74) is 0. The highest BCUT2D eigenvalue weighted by molar-refractivity contribution is 5.86. The van der Waals surface area contributed by atoms with E-state index in [0.29, 0.717) is 6.54 Å². The van der Waals surface area contributed by atoms with E-state index in [1.807, 2.05) is 0 Å². The molecular weight excluding hydrogens is 238 g/mol. The molecule has 0 saturated carbocycles. The average Bonchev–Trinajstić information content (AvgIpc) is 2.33. The number of carboxylic acid groups (broad SMARTS) is 1.